The van der Waals surface area contributed by atoms with Gasteiger partial charge in [0.1, 0.15) is 0 Å². The van der Waals surface area contributed by atoms with Crippen molar-refractivity contribution in [2.24, 2.45) is 0 Å². The molecule has 0 bridgehead atoms. The Morgan fingerprint density at radius 2 is 1.55 bits per heavy atom. The average molecular weight is 457 g/mol. The van der Waals surface area contributed by atoms with Crippen molar-refractivity contribution >= 4 is 33.1 Å². The number of ketones is 1. The summed E-state index contributed by atoms with van der Waals surface area (Å²) in [5, 5.41) is 4.63. The van der Waals surface area contributed by atoms with Gasteiger partial charge in [-0.25, -0.2) is 13.1 Å². The maximum Gasteiger partial charge on any atom is 0.252 e. The molecule has 0 fully saturated rings. The molecule has 6 nitrogen and oxygen atoms in total. The van der Waals surface area contributed by atoms with Crippen LogP contribution in [-0.2, 0) is 22.3 Å². The molecule has 0 aliphatic carbocycles. The molecule has 2 N–H and O–H groups in total. The van der Waals surface area contributed by atoms with Crippen LogP contribution in [0.3, 0.4) is 0 Å². The number of carbonyl (C=O) groups excluding carboxylic acids is 2. The van der Waals surface area contributed by atoms with E-state index in [0.717, 1.165) is 0 Å². The SMILES string of the molecule is CC(C)NS(=O)(=O)Cc1ccccc1CNC(=O)c1ccccc1C(=O)c1cccs1. The molecule has 162 valence electrons. The molecule has 0 unspecified atom stereocenters. The first-order valence-electron chi connectivity index (χ1n) is 9.79. The fourth-order valence-corrected chi connectivity index (χ4v) is 5.34. The van der Waals surface area contributed by atoms with Crippen LogP contribution in [0.5, 0.6) is 0 Å². The minimum atomic E-state index is -3.50. The number of rotatable bonds is 9. The van der Waals surface area contributed by atoms with E-state index in [1.165, 1.54) is 11.3 Å². The second-order valence-electron chi connectivity index (χ2n) is 7.34. The lowest BCUT2D eigenvalue weighted by Gasteiger charge is -2.14. The minimum absolute atomic E-state index is 0.147. The largest absolute Gasteiger partial charge is 0.348 e. The topological polar surface area (TPSA) is 92.3 Å². The predicted octanol–water partition coefficient (Wildman–Crippen LogP) is 3.74. The van der Waals surface area contributed by atoms with E-state index < -0.39 is 15.9 Å². The number of thiophene rings is 1. The van der Waals surface area contributed by atoms with Crippen LogP contribution >= 0.6 is 11.3 Å². The van der Waals surface area contributed by atoms with Crippen LogP contribution in [0.1, 0.15) is 50.6 Å². The summed E-state index contributed by atoms with van der Waals surface area (Å²) < 4.78 is 27.2. The third kappa shape index (κ3) is 6.10. The van der Waals surface area contributed by atoms with Crippen LogP contribution in [-0.4, -0.2) is 26.2 Å². The molecule has 0 spiro atoms. The Bertz CT molecular complexity index is 1170. The van der Waals surface area contributed by atoms with Gasteiger partial charge < -0.3 is 5.32 Å². The first kappa shape index (κ1) is 22.9. The smallest absolute Gasteiger partial charge is 0.252 e. The molecule has 0 atom stereocenters. The van der Waals surface area contributed by atoms with Crippen molar-refractivity contribution < 1.29 is 18.0 Å². The van der Waals surface area contributed by atoms with Crippen LogP contribution in [0.25, 0.3) is 0 Å². The van der Waals surface area contributed by atoms with Gasteiger partial charge >= 0.3 is 0 Å². The van der Waals surface area contributed by atoms with Crippen molar-refractivity contribution in [3.63, 3.8) is 0 Å². The van der Waals surface area contributed by atoms with Crippen molar-refractivity contribution in [3.8, 4) is 0 Å². The summed E-state index contributed by atoms with van der Waals surface area (Å²) in [6, 6.07) is 17.1. The van der Waals surface area contributed by atoms with Gasteiger partial charge in [-0.2, -0.15) is 0 Å². The van der Waals surface area contributed by atoms with Crippen molar-refractivity contribution in [2.45, 2.75) is 32.2 Å². The van der Waals surface area contributed by atoms with Crippen LogP contribution < -0.4 is 10.0 Å². The Labute approximate surface area is 186 Å². The van der Waals surface area contributed by atoms with E-state index >= 15 is 0 Å². The van der Waals surface area contributed by atoms with Crippen molar-refractivity contribution in [2.75, 3.05) is 0 Å². The van der Waals surface area contributed by atoms with E-state index in [9.17, 15) is 18.0 Å². The van der Waals surface area contributed by atoms with Crippen LogP contribution in [0.4, 0.5) is 0 Å². The molecular formula is C23H24N2O4S2. The normalized spacial score (nSPS) is 11.5. The number of hydrogen-bond donors (Lipinski definition) is 2. The highest BCUT2D eigenvalue weighted by Gasteiger charge is 2.19. The van der Waals surface area contributed by atoms with Gasteiger partial charge in [0.05, 0.1) is 16.2 Å². The highest BCUT2D eigenvalue weighted by molar-refractivity contribution is 7.88. The molecule has 1 heterocycles. The fraction of sp³-hybridized carbons (Fsp3) is 0.217. The lowest BCUT2D eigenvalue weighted by Crippen LogP contribution is -2.32. The third-order valence-electron chi connectivity index (χ3n) is 4.48. The zero-order chi connectivity index (χ0) is 22.4. The number of hydrogen-bond acceptors (Lipinski definition) is 5. The quantitative estimate of drug-likeness (QED) is 0.480. The molecule has 0 aliphatic rings. The van der Waals surface area contributed by atoms with E-state index in [4.69, 9.17) is 0 Å². The van der Waals surface area contributed by atoms with Crippen molar-refractivity contribution in [3.05, 3.63) is 93.2 Å². The van der Waals surface area contributed by atoms with E-state index in [1.807, 2.05) is 5.38 Å². The summed E-state index contributed by atoms with van der Waals surface area (Å²) in [5.74, 6) is -0.768. The summed E-state index contributed by atoms with van der Waals surface area (Å²) in [5.41, 5.74) is 1.93. The number of benzene rings is 2. The lowest BCUT2D eigenvalue weighted by atomic mass is 10.0. The molecule has 0 saturated carbocycles. The van der Waals surface area contributed by atoms with Crippen molar-refractivity contribution in [1.82, 2.24) is 10.0 Å². The monoisotopic (exact) mass is 456 g/mol. The number of carbonyl (C=O) groups is 2. The molecule has 8 heteroatoms. The molecule has 3 rings (SSSR count). The molecule has 3 aromatic rings. The minimum Gasteiger partial charge on any atom is -0.348 e. The lowest BCUT2D eigenvalue weighted by molar-refractivity contribution is 0.0940. The summed E-state index contributed by atoms with van der Waals surface area (Å²) in [6.45, 7) is 3.67. The summed E-state index contributed by atoms with van der Waals surface area (Å²) in [4.78, 5) is 26.2. The Morgan fingerprint density at radius 1 is 0.903 bits per heavy atom. The fourth-order valence-electron chi connectivity index (χ4n) is 3.17. The van der Waals surface area contributed by atoms with Gasteiger partial charge in [0, 0.05) is 18.2 Å². The van der Waals surface area contributed by atoms with E-state index in [1.54, 1.807) is 74.5 Å². The average Bonchev–Trinajstić information content (AvgIpc) is 3.26. The Kier molecular flexibility index (Phi) is 7.37. The predicted molar refractivity (Wildman–Crippen MR) is 123 cm³/mol. The summed E-state index contributed by atoms with van der Waals surface area (Å²) >= 11 is 1.32. The Balaban J connectivity index is 1.76. The second kappa shape index (κ2) is 10.00. The first-order valence-corrected chi connectivity index (χ1v) is 12.3. The van der Waals surface area contributed by atoms with Crippen molar-refractivity contribution in [1.29, 1.82) is 0 Å². The molecule has 31 heavy (non-hydrogen) atoms. The van der Waals surface area contributed by atoms with Gasteiger partial charge in [0.25, 0.3) is 5.91 Å². The number of nitrogens with one attached hydrogen (secondary N) is 2. The maximum atomic E-state index is 12.9. The van der Waals surface area contributed by atoms with E-state index in [0.29, 0.717) is 21.6 Å². The van der Waals surface area contributed by atoms with Gasteiger partial charge in [0.15, 0.2) is 0 Å². The number of amides is 1. The van der Waals surface area contributed by atoms with Gasteiger partial charge in [-0.3, -0.25) is 9.59 Å². The van der Waals surface area contributed by atoms with Crippen LogP contribution in [0, 0.1) is 0 Å². The molecule has 0 radical (unpaired) electrons. The third-order valence-corrected chi connectivity index (χ3v) is 6.87. The molecule has 0 saturated heterocycles. The highest BCUT2D eigenvalue weighted by atomic mass is 32.2. The van der Waals surface area contributed by atoms with E-state index in [2.05, 4.69) is 10.0 Å². The molecule has 2 aromatic carbocycles. The van der Waals surface area contributed by atoms with Crippen LogP contribution in [0.15, 0.2) is 66.0 Å². The summed E-state index contributed by atoms with van der Waals surface area (Å²) in [6.07, 6.45) is 0. The van der Waals surface area contributed by atoms with Gasteiger partial charge in [-0.05, 0) is 42.5 Å². The second-order valence-corrected chi connectivity index (χ2v) is 10.0. The zero-order valence-corrected chi connectivity index (χ0v) is 18.9. The summed E-state index contributed by atoms with van der Waals surface area (Å²) in [7, 11) is -3.50. The Morgan fingerprint density at radius 3 is 2.19 bits per heavy atom. The highest BCUT2D eigenvalue weighted by Crippen LogP contribution is 2.19. The number of sulfonamides is 1. The van der Waals surface area contributed by atoms with Gasteiger partial charge in [0.2, 0.25) is 15.8 Å². The molecule has 1 aromatic heterocycles. The molecular weight excluding hydrogens is 432 g/mol. The van der Waals surface area contributed by atoms with Gasteiger partial charge in [-0.1, -0.05) is 48.5 Å². The van der Waals surface area contributed by atoms with Gasteiger partial charge in [-0.15, -0.1) is 11.3 Å². The molecule has 1 amide bonds. The molecule has 0 aliphatic heterocycles. The van der Waals surface area contributed by atoms with Crippen LogP contribution in [0.2, 0.25) is 0 Å². The maximum absolute atomic E-state index is 12.9. The van der Waals surface area contributed by atoms with E-state index in [-0.39, 0.29) is 29.7 Å². The first-order chi connectivity index (χ1) is 14.8. The zero-order valence-electron chi connectivity index (χ0n) is 17.3. The Hall–Kier alpha value is -2.81. The standard InChI is InChI=1S/C23H24N2O4S2/c1-16(2)25-31(28,29)15-18-9-4-3-8-17(18)14-24-23(27)20-11-6-5-10-19(20)22(26)21-12-7-13-30-21/h3-13,16,25H,14-15H2,1-2H3,(H,24,27).